The average Bonchev–Trinajstić information content (AvgIpc) is 1.89. The van der Waals surface area contributed by atoms with E-state index in [2.05, 4.69) is 0 Å². The quantitative estimate of drug-likeness (QED) is 0.577. The summed E-state index contributed by atoms with van der Waals surface area (Å²) in [7, 11) is -9.72. The van der Waals surface area contributed by atoms with E-state index in [9.17, 15) is 19.4 Å². The molecule has 0 saturated carbocycles. The maximum Gasteiger partial charge on any atom is 0.312 e. The first kappa shape index (κ1) is 10.9. The molecular formula is C6H7F5N2S. The summed E-state index contributed by atoms with van der Waals surface area (Å²) in [6.07, 6.45) is 0. The fourth-order valence-corrected chi connectivity index (χ4v) is 1.77. The Kier molecular flexibility index (Phi) is 1.62. The van der Waals surface area contributed by atoms with Gasteiger partial charge in [-0.05, 0) is 12.1 Å². The summed E-state index contributed by atoms with van der Waals surface area (Å²) >= 11 is 0. The number of benzene rings is 1. The van der Waals surface area contributed by atoms with E-state index in [1.165, 1.54) is 0 Å². The van der Waals surface area contributed by atoms with Gasteiger partial charge >= 0.3 is 10.2 Å². The van der Waals surface area contributed by atoms with Gasteiger partial charge in [0.05, 0.1) is 11.4 Å². The van der Waals surface area contributed by atoms with Crippen molar-refractivity contribution in [3.63, 3.8) is 0 Å². The van der Waals surface area contributed by atoms with Gasteiger partial charge in [-0.1, -0.05) is 25.5 Å². The molecule has 0 bridgehead atoms. The molecule has 4 N–H and O–H groups in total. The van der Waals surface area contributed by atoms with E-state index in [4.69, 9.17) is 11.5 Å². The minimum atomic E-state index is -9.72. The summed E-state index contributed by atoms with van der Waals surface area (Å²) in [5.41, 5.74) is 8.19. The van der Waals surface area contributed by atoms with Gasteiger partial charge in [-0.3, -0.25) is 0 Å². The zero-order chi connectivity index (χ0) is 11.3. The van der Waals surface area contributed by atoms with Gasteiger partial charge in [0.25, 0.3) is 0 Å². The van der Waals surface area contributed by atoms with Crippen molar-refractivity contribution in [3.05, 3.63) is 18.2 Å². The molecule has 82 valence electrons. The van der Waals surface area contributed by atoms with Crippen LogP contribution in [0.3, 0.4) is 0 Å². The molecule has 0 radical (unpaired) electrons. The third-order valence-corrected chi connectivity index (χ3v) is 2.70. The van der Waals surface area contributed by atoms with E-state index in [1.807, 2.05) is 0 Å². The molecule has 0 unspecified atom stereocenters. The smallest absolute Gasteiger partial charge is 0.312 e. The summed E-state index contributed by atoms with van der Waals surface area (Å²) in [5.74, 6) is 0. The molecule has 1 rings (SSSR count). The molecule has 0 spiro atoms. The van der Waals surface area contributed by atoms with Crippen LogP contribution >= 0.6 is 10.2 Å². The van der Waals surface area contributed by atoms with Gasteiger partial charge in [0.15, 0.2) is 0 Å². The van der Waals surface area contributed by atoms with Crippen LogP contribution in [0.5, 0.6) is 0 Å². The lowest BCUT2D eigenvalue weighted by Gasteiger charge is -2.41. The summed E-state index contributed by atoms with van der Waals surface area (Å²) in [4.78, 5) is -2.13. The highest BCUT2D eigenvalue weighted by molar-refractivity contribution is 8.45. The first-order valence-electron chi connectivity index (χ1n) is 3.30. The third-order valence-electron chi connectivity index (χ3n) is 1.52. The van der Waals surface area contributed by atoms with E-state index in [-0.39, 0.29) is 6.07 Å². The maximum atomic E-state index is 12.3. The molecule has 1 aromatic rings. The predicted octanol–water partition coefficient (Wildman–Crippen LogP) is 3.51. The second-order valence-corrected chi connectivity index (χ2v) is 5.11. The molecule has 8 heteroatoms. The van der Waals surface area contributed by atoms with Gasteiger partial charge in [0.2, 0.25) is 0 Å². The molecule has 14 heavy (non-hydrogen) atoms. The van der Waals surface area contributed by atoms with E-state index in [0.29, 0.717) is 0 Å². The standard InChI is InChI=1S/C6H7F5N2S/c7-14(8,9,10,11)5-3-1-2-4(12)6(5)13/h1-3H,12-13H2. The Morgan fingerprint density at radius 1 is 0.929 bits per heavy atom. The zero-order valence-corrected chi connectivity index (χ0v) is 7.50. The SMILES string of the molecule is Nc1cccc(S(F)(F)(F)(F)F)c1N. The van der Waals surface area contributed by atoms with Gasteiger partial charge < -0.3 is 11.5 Å². The molecule has 0 heterocycles. The molecule has 0 saturated heterocycles. The Labute approximate surface area is 76.4 Å². The minimum Gasteiger partial charge on any atom is -0.397 e. The van der Waals surface area contributed by atoms with E-state index < -0.39 is 26.5 Å². The van der Waals surface area contributed by atoms with Crippen LogP contribution in [0.15, 0.2) is 23.1 Å². The Morgan fingerprint density at radius 2 is 1.43 bits per heavy atom. The first-order chi connectivity index (χ1) is 5.91. The van der Waals surface area contributed by atoms with Gasteiger partial charge in [0, 0.05) is 0 Å². The maximum absolute atomic E-state index is 12.3. The van der Waals surface area contributed by atoms with Crippen molar-refractivity contribution >= 4 is 21.6 Å². The average molecular weight is 234 g/mol. The van der Waals surface area contributed by atoms with Crippen molar-refractivity contribution in [2.75, 3.05) is 11.5 Å². The van der Waals surface area contributed by atoms with Crippen molar-refractivity contribution in [3.8, 4) is 0 Å². The number of para-hydroxylation sites is 1. The molecule has 1 aromatic carbocycles. The fraction of sp³-hybridized carbons (Fsp3) is 0. The van der Waals surface area contributed by atoms with Crippen LogP contribution in [0.25, 0.3) is 0 Å². The second-order valence-electron chi connectivity index (χ2n) is 2.73. The number of hydrogen-bond acceptors (Lipinski definition) is 2. The Hall–Kier alpha value is -1.18. The highest BCUT2D eigenvalue weighted by atomic mass is 32.5. The Balaban J connectivity index is 3.59. The largest absolute Gasteiger partial charge is 0.397 e. The Bertz CT molecular complexity index is 384. The summed E-state index contributed by atoms with van der Waals surface area (Å²) in [6.45, 7) is 0. The van der Waals surface area contributed by atoms with E-state index in [1.54, 1.807) is 0 Å². The molecule has 0 aliphatic carbocycles. The molecule has 0 aliphatic rings. The van der Waals surface area contributed by atoms with Gasteiger partial charge in [-0.2, -0.15) is 0 Å². The van der Waals surface area contributed by atoms with Crippen LogP contribution in [0.4, 0.5) is 30.8 Å². The zero-order valence-electron chi connectivity index (χ0n) is 6.68. The summed E-state index contributed by atoms with van der Waals surface area (Å²) < 4.78 is 61.3. The first-order valence-corrected chi connectivity index (χ1v) is 5.25. The number of halogens is 5. The number of hydrogen-bond donors (Lipinski definition) is 2. The minimum absolute atomic E-state index is 0.216. The molecule has 0 atom stereocenters. The van der Waals surface area contributed by atoms with Crippen molar-refractivity contribution in [1.29, 1.82) is 0 Å². The normalized spacial score (nSPS) is 17.2. The van der Waals surface area contributed by atoms with E-state index in [0.717, 1.165) is 12.1 Å². The van der Waals surface area contributed by atoms with Crippen LogP contribution in [0.2, 0.25) is 0 Å². The van der Waals surface area contributed by atoms with Crippen LogP contribution < -0.4 is 11.5 Å². The monoisotopic (exact) mass is 234 g/mol. The third kappa shape index (κ3) is 2.00. The molecular weight excluding hydrogens is 227 g/mol. The number of anilines is 2. The van der Waals surface area contributed by atoms with Crippen molar-refractivity contribution in [2.45, 2.75) is 4.90 Å². The van der Waals surface area contributed by atoms with Crippen LogP contribution in [-0.4, -0.2) is 0 Å². The van der Waals surface area contributed by atoms with Crippen LogP contribution in [0, 0.1) is 0 Å². The molecule has 2 nitrogen and oxygen atoms in total. The highest BCUT2D eigenvalue weighted by Crippen LogP contribution is 3.02. The fourth-order valence-electron chi connectivity index (χ4n) is 0.897. The number of rotatable bonds is 1. The molecule has 0 aromatic heterocycles. The van der Waals surface area contributed by atoms with Crippen LogP contribution in [-0.2, 0) is 0 Å². The Morgan fingerprint density at radius 3 is 1.79 bits per heavy atom. The van der Waals surface area contributed by atoms with Gasteiger partial charge in [-0.25, -0.2) is 0 Å². The van der Waals surface area contributed by atoms with Crippen molar-refractivity contribution < 1.29 is 19.4 Å². The lowest BCUT2D eigenvalue weighted by molar-refractivity contribution is 0.365. The lowest BCUT2D eigenvalue weighted by atomic mass is 10.3. The predicted molar refractivity (Wildman–Crippen MR) is 46.7 cm³/mol. The van der Waals surface area contributed by atoms with Gasteiger partial charge in [0.1, 0.15) is 4.90 Å². The van der Waals surface area contributed by atoms with Crippen molar-refractivity contribution in [2.24, 2.45) is 0 Å². The van der Waals surface area contributed by atoms with E-state index >= 15 is 0 Å². The number of nitrogen functional groups attached to an aromatic ring is 2. The summed E-state index contributed by atoms with van der Waals surface area (Å²) in [6, 6.07) is 2.01. The molecule has 0 fully saturated rings. The van der Waals surface area contributed by atoms with Crippen molar-refractivity contribution in [1.82, 2.24) is 0 Å². The summed E-state index contributed by atoms with van der Waals surface area (Å²) in [5, 5.41) is 0. The lowest BCUT2D eigenvalue weighted by Crippen LogP contribution is -2.10. The van der Waals surface area contributed by atoms with Crippen LogP contribution in [0.1, 0.15) is 0 Å². The number of nitrogens with two attached hydrogens (primary N) is 2. The van der Waals surface area contributed by atoms with Gasteiger partial charge in [-0.15, -0.1) is 0 Å². The topological polar surface area (TPSA) is 52.0 Å². The molecule has 0 aliphatic heterocycles. The molecule has 0 amide bonds. The second kappa shape index (κ2) is 2.08. The highest BCUT2D eigenvalue weighted by Gasteiger charge is 2.66.